The van der Waals surface area contributed by atoms with E-state index in [1.807, 2.05) is 42.5 Å². The van der Waals surface area contributed by atoms with Crippen LogP contribution in [0.15, 0.2) is 53.7 Å². The van der Waals surface area contributed by atoms with Crippen LogP contribution in [0.4, 0.5) is 5.69 Å². The van der Waals surface area contributed by atoms with E-state index in [1.54, 1.807) is 10.6 Å². The van der Waals surface area contributed by atoms with Crippen LogP contribution in [0.3, 0.4) is 0 Å². The Morgan fingerprint density at radius 1 is 1.12 bits per heavy atom. The van der Waals surface area contributed by atoms with Gasteiger partial charge in [-0.3, -0.25) is 0 Å². The summed E-state index contributed by atoms with van der Waals surface area (Å²) in [5.74, 6) is 1.35. The van der Waals surface area contributed by atoms with E-state index in [1.165, 1.54) is 0 Å². The molecule has 1 N–H and O–H groups in total. The first-order valence-electron chi connectivity index (χ1n) is 8.45. The van der Waals surface area contributed by atoms with E-state index in [4.69, 9.17) is 4.74 Å². The highest BCUT2D eigenvalue weighted by Crippen LogP contribution is 2.38. The standard InChI is InChI=1S/C20H22N2O3/c1-14(2)11-12-25-16-9-7-15(8-10-16)13-22-18-6-4-3-5-17(18)19(21-24)20(22)23/h3-10,14,23H,11-13H2,1-2H3. The van der Waals surface area contributed by atoms with Crippen molar-refractivity contribution in [3.05, 3.63) is 59.0 Å². The molecule has 0 saturated heterocycles. The third-order valence-electron chi connectivity index (χ3n) is 4.24. The van der Waals surface area contributed by atoms with Crippen molar-refractivity contribution in [1.29, 1.82) is 0 Å². The van der Waals surface area contributed by atoms with Gasteiger partial charge < -0.3 is 14.4 Å². The molecule has 0 aliphatic rings. The Hall–Kier alpha value is -2.82. The molecule has 5 heteroatoms. The molecule has 3 rings (SSSR count). The molecule has 0 aliphatic carbocycles. The van der Waals surface area contributed by atoms with Crippen molar-refractivity contribution in [1.82, 2.24) is 4.57 Å². The SMILES string of the molecule is CC(C)CCOc1ccc(Cn2c(O)c(N=O)c3ccccc32)cc1. The Morgan fingerprint density at radius 2 is 1.84 bits per heavy atom. The van der Waals surface area contributed by atoms with Gasteiger partial charge in [0, 0.05) is 5.39 Å². The highest BCUT2D eigenvalue weighted by Gasteiger charge is 2.17. The molecule has 130 valence electrons. The molecule has 2 aromatic carbocycles. The Labute approximate surface area is 146 Å². The maximum Gasteiger partial charge on any atom is 0.222 e. The van der Waals surface area contributed by atoms with E-state index in [0.29, 0.717) is 24.5 Å². The van der Waals surface area contributed by atoms with Crippen molar-refractivity contribution in [2.45, 2.75) is 26.8 Å². The summed E-state index contributed by atoms with van der Waals surface area (Å²) in [5, 5.41) is 14.0. The molecule has 0 radical (unpaired) electrons. The van der Waals surface area contributed by atoms with Crippen molar-refractivity contribution in [3.63, 3.8) is 0 Å². The predicted molar refractivity (Wildman–Crippen MR) is 99.6 cm³/mol. The summed E-state index contributed by atoms with van der Waals surface area (Å²) in [6, 6.07) is 15.1. The summed E-state index contributed by atoms with van der Waals surface area (Å²) in [4.78, 5) is 11.1. The van der Waals surface area contributed by atoms with Crippen LogP contribution in [0.2, 0.25) is 0 Å². The van der Waals surface area contributed by atoms with Crippen molar-refractivity contribution in [3.8, 4) is 11.6 Å². The maximum absolute atomic E-state index is 11.1. The number of hydrogen-bond acceptors (Lipinski definition) is 4. The lowest BCUT2D eigenvalue weighted by Gasteiger charge is -2.10. The van der Waals surface area contributed by atoms with Crippen LogP contribution in [0.25, 0.3) is 10.9 Å². The van der Waals surface area contributed by atoms with Gasteiger partial charge >= 0.3 is 0 Å². The molecular weight excluding hydrogens is 316 g/mol. The predicted octanol–water partition coefficient (Wildman–Crippen LogP) is 5.22. The molecule has 0 spiro atoms. The highest BCUT2D eigenvalue weighted by atomic mass is 16.5. The molecule has 0 saturated carbocycles. The Balaban J connectivity index is 1.80. The molecule has 0 bridgehead atoms. The van der Waals surface area contributed by atoms with Crippen LogP contribution in [-0.4, -0.2) is 16.3 Å². The zero-order chi connectivity index (χ0) is 17.8. The van der Waals surface area contributed by atoms with Gasteiger partial charge in [0.15, 0.2) is 5.69 Å². The van der Waals surface area contributed by atoms with Crippen LogP contribution in [0.5, 0.6) is 11.6 Å². The van der Waals surface area contributed by atoms with Crippen LogP contribution >= 0.6 is 0 Å². The van der Waals surface area contributed by atoms with Crippen LogP contribution < -0.4 is 4.74 Å². The number of rotatable bonds is 7. The largest absolute Gasteiger partial charge is 0.494 e. The van der Waals surface area contributed by atoms with Gasteiger partial charge in [-0.2, -0.15) is 0 Å². The fourth-order valence-corrected chi connectivity index (χ4v) is 2.81. The van der Waals surface area contributed by atoms with Crippen LogP contribution in [0, 0.1) is 10.8 Å². The van der Waals surface area contributed by atoms with Gasteiger partial charge in [0.2, 0.25) is 5.88 Å². The first-order chi connectivity index (χ1) is 12.1. The van der Waals surface area contributed by atoms with Gasteiger partial charge in [-0.05, 0) is 41.3 Å². The van der Waals surface area contributed by atoms with E-state index in [2.05, 4.69) is 19.0 Å². The number of nitroso groups, excluding NO2 is 1. The molecule has 0 amide bonds. The topological polar surface area (TPSA) is 63.8 Å². The van der Waals surface area contributed by atoms with Crippen molar-refractivity contribution < 1.29 is 9.84 Å². The lowest BCUT2D eigenvalue weighted by molar-refractivity contribution is 0.289. The van der Waals surface area contributed by atoms with Gasteiger partial charge in [-0.1, -0.05) is 44.2 Å². The Kier molecular flexibility index (Phi) is 5.03. The molecule has 3 aromatic rings. The summed E-state index contributed by atoms with van der Waals surface area (Å²) in [6.45, 7) is 5.49. The Bertz CT molecular complexity index is 867. The number of aromatic hydroxyl groups is 1. The van der Waals surface area contributed by atoms with Crippen molar-refractivity contribution >= 4 is 16.6 Å². The van der Waals surface area contributed by atoms with Gasteiger partial charge in [-0.15, -0.1) is 4.91 Å². The smallest absolute Gasteiger partial charge is 0.222 e. The first-order valence-corrected chi connectivity index (χ1v) is 8.45. The number of nitrogens with zero attached hydrogens (tertiary/aromatic N) is 2. The van der Waals surface area contributed by atoms with E-state index in [-0.39, 0.29) is 11.6 Å². The molecule has 1 aromatic heterocycles. The van der Waals surface area contributed by atoms with E-state index < -0.39 is 0 Å². The molecule has 5 nitrogen and oxygen atoms in total. The number of benzene rings is 2. The Morgan fingerprint density at radius 3 is 2.52 bits per heavy atom. The van der Waals surface area contributed by atoms with E-state index in [0.717, 1.165) is 23.3 Å². The lowest BCUT2D eigenvalue weighted by atomic mass is 10.1. The molecule has 1 heterocycles. The minimum Gasteiger partial charge on any atom is -0.494 e. The second kappa shape index (κ2) is 7.38. The van der Waals surface area contributed by atoms with Crippen LogP contribution in [0.1, 0.15) is 25.8 Å². The molecule has 0 unspecified atom stereocenters. The summed E-state index contributed by atoms with van der Waals surface area (Å²) < 4.78 is 7.42. The molecular formula is C20H22N2O3. The zero-order valence-electron chi connectivity index (χ0n) is 14.5. The van der Waals surface area contributed by atoms with Gasteiger partial charge in [-0.25, -0.2) is 0 Å². The van der Waals surface area contributed by atoms with E-state index >= 15 is 0 Å². The van der Waals surface area contributed by atoms with Crippen molar-refractivity contribution in [2.24, 2.45) is 11.1 Å². The van der Waals surface area contributed by atoms with Gasteiger partial charge in [0.1, 0.15) is 5.75 Å². The number of ether oxygens (including phenoxy) is 1. The fraction of sp³-hybridized carbons (Fsp3) is 0.300. The third-order valence-corrected chi connectivity index (χ3v) is 4.24. The second-order valence-corrected chi connectivity index (χ2v) is 6.54. The quantitative estimate of drug-likeness (QED) is 0.601. The third kappa shape index (κ3) is 3.65. The monoisotopic (exact) mass is 338 g/mol. The highest BCUT2D eigenvalue weighted by molar-refractivity contribution is 5.95. The molecule has 25 heavy (non-hydrogen) atoms. The normalized spacial score (nSPS) is 11.2. The lowest BCUT2D eigenvalue weighted by Crippen LogP contribution is -2.02. The van der Waals surface area contributed by atoms with Gasteiger partial charge in [0.25, 0.3) is 0 Å². The first kappa shape index (κ1) is 17.0. The molecule has 0 atom stereocenters. The average molecular weight is 338 g/mol. The molecule has 0 fully saturated rings. The fourth-order valence-electron chi connectivity index (χ4n) is 2.81. The second-order valence-electron chi connectivity index (χ2n) is 6.54. The average Bonchev–Trinajstić information content (AvgIpc) is 2.88. The van der Waals surface area contributed by atoms with Crippen LogP contribution in [-0.2, 0) is 6.54 Å². The summed E-state index contributed by atoms with van der Waals surface area (Å²) >= 11 is 0. The summed E-state index contributed by atoms with van der Waals surface area (Å²) in [5.41, 5.74) is 1.88. The number of fused-ring (bicyclic) bond motifs is 1. The summed E-state index contributed by atoms with van der Waals surface area (Å²) in [6.07, 6.45) is 1.02. The van der Waals surface area contributed by atoms with E-state index in [9.17, 15) is 10.0 Å². The van der Waals surface area contributed by atoms with Crippen molar-refractivity contribution in [2.75, 3.05) is 6.61 Å². The maximum atomic E-state index is 11.1. The minimum absolute atomic E-state index is 0.0873. The number of para-hydroxylation sites is 1. The summed E-state index contributed by atoms with van der Waals surface area (Å²) in [7, 11) is 0. The minimum atomic E-state index is -0.103. The van der Waals surface area contributed by atoms with Gasteiger partial charge in [0.05, 0.1) is 18.7 Å². The number of hydrogen-bond donors (Lipinski definition) is 1. The molecule has 0 aliphatic heterocycles. The number of aromatic nitrogens is 1. The zero-order valence-corrected chi connectivity index (χ0v) is 14.5.